The van der Waals surface area contributed by atoms with Gasteiger partial charge in [-0.2, -0.15) is 0 Å². The predicted molar refractivity (Wildman–Crippen MR) is 69.7 cm³/mol. The molecule has 3 heteroatoms. The van der Waals surface area contributed by atoms with Crippen LogP contribution in [0.1, 0.15) is 26.7 Å². The second-order valence-corrected chi connectivity index (χ2v) is 4.35. The molecule has 1 atom stereocenters. The van der Waals surface area contributed by atoms with E-state index in [1.807, 2.05) is 6.07 Å². The molecule has 0 saturated carbocycles. The molecule has 0 fully saturated rings. The number of anilines is 1. The van der Waals surface area contributed by atoms with Crippen molar-refractivity contribution in [3.05, 3.63) is 36.3 Å². The summed E-state index contributed by atoms with van der Waals surface area (Å²) in [5, 5.41) is 4.41. The van der Waals surface area contributed by atoms with Gasteiger partial charge < -0.3 is 5.32 Å². The molecule has 90 valence electrons. The Balaban J connectivity index is 2.34. The van der Waals surface area contributed by atoms with Gasteiger partial charge in [0.1, 0.15) is 5.82 Å². The molecule has 0 aliphatic rings. The fraction of sp³-hybridized carbons (Fsp3) is 0.357. The van der Waals surface area contributed by atoms with Gasteiger partial charge in [-0.15, -0.1) is 0 Å². The van der Waals surface area contributed by atoms with E-state index in [-0.39, 0.29) is 5.82 Å². The molecule has 0 spiro atoms. The van der Waals surface area contributed by atoms with E-state index in [1.54, 1.807) is 12.3 Å². The molecule has 0 bridgehead atoms. The van der Waals surface area contributed by atoms with E-state index in [0.29, 0.717) is 11.6 Å². The van der Waals surface area contributed by atoms with Crippen molar-refractivity contribution in [2.75, 3.05) is 5.32 Å². The maximum absolute atomic E-state index is 13.1. The number of rotatable bonds is 4. The average molecular weight is 232 g/mol. The Morgan fingerprint density at radius 2 is 2.18 bits per heavy atom. The molecule has 0 saturated heterocycles. The van der Waals surface area contributed by atoms with Gasteiger partial charge in [-0.3, -0.25) is 4.98 Å². The maximum Gasteiger partial charge on any atom is 0.125 e. The van der Waals surface area contributed by atoms with Crippen LogP contribution in [-0.2, 0) is 0 Å². The van der Waals surface area contributed by atoms with Gasteiger partial charge in [0.15, 0.2) is 0 Å². The molecule has 2 rings (SSSR count). The van der Waals surface area contributed by atoms with E-state index in [0.717, 1.165) is 23.9 Å². The molecule has 0 amide bonds. The molecule has 1 aromatic heterocycles. The highest BCUT2D eigenvalue weighted by molar-refractivity contribution is 5.91. The van der Waals surface area contributed by atoms with Crippen molar-refractivity contribution < 1.29 is 4.39 Å². The summed E-state index contributed by atoms with van der Waals surface area (Å²) in [7, 11) is 0. The predicted octanol–water partition coefficient (Wildman–Crippen LogP) is 3.97. The van der Waals surface area contributed by atoms with Crippen LogP contribution in [0.3, 0.4) is 0 Å². The van der Waals surface area contributed by atoms with Crippen LogP contribution in [0.5, 0.6) is 0 Å². The third-order valence-electron chi connectivity index (χ3n) is 2.83. The van der Waals surface area contributed by atoms with Gasteiger partial charge >= 0.3 is 0 Å². The van der Waals surface area contributed by atoms with Gasteiger partial charge in [0.25, 0.3) is 0 Å². The summed E-state index contributed by atoms with van der Waals surface area (Å²) >= 11 is 0. The Morgan fingerprint density at radius 3 is 2.94 bits per heavy atom. The van der Waals surface area contributed by atoms with Crippen LogP contribution in [0.2, 0.25) is 0 Å². The number of hydrogen-bond acceptors (Lipinski definition) is 2. The van der Waals surface area contributed by atoms with Crippen molar-refractivity contribution in [2.45, 2.75) is 32.7 Å². The van der Waals surface area contributed by atoms with E-state index in [4.69, 9.17) is 0 Å². The van der Waals surface area contributed by atoms with Crippen LogP contribution in [0.15, 0.2) is 30.5 Å². The summed E-state index contributed by atoms with van der Waals surface area (Å²) in [5.74, 6) is -0.247. The molecule has 0 unspecified atom stereocenters. The van der Waals surface area contributed by atoms with E-state index < -0.39 is 0 Å². The lowest BCUT2D eigenvalue weighted by molar-refractivity contribution is 0.629. The molecule has 2 aromatic rings. The van der Waals surface area contributed by atoms with Crippen molar-refractivity contribution in [1.82, 2.24) is 4.98 Å². The Kier molecular flexibility index (Phi) is 3.57. The number of pyridine rings is 1. The highest BCUT2D eigenvalue weighted by atomic mass is 19.1. The zero-order chi connectivity index (χ0) is 12.3. The van der Waals surface area contributed by atoms with Crippen molar-refractivity contribution >= 4 is 16.6 Å². The lowest BCUT2D eigenvalue weighted by Gasteiger charge is -2.15. The molecule has 1 aromatic carbocycles. The smallest absolute Gasteiger partial charge is 0.125 e. The van der Waals surface area contributed by atoms with Gasteiger partial charge in [-0.1, -0.05) is 13.3 Å². The summed E-state index contributed by atoms with van der Waals surface area (Å²) in [4.78, 5) is 4.18. The maximum atomic E-state index is 13.1. The Bertz CT molecular complexity index is 511. The largest absolute Gasteiger partial charge is 0.382 e. The third kappa shape index (κ3) is 2.73. The first-order valence-corrected chi connectivity index (χ1v) is 6.01. The van der Waals surface area contributed by atoms with Crippen LogP contribution in [0.4, 0.5) is 10.1 Å². The van der Waals surface area contributed by atoms with Gasteiger partial charge in [-0.05, 0) is 31.5 Å². The minimum atomic E-state index is -0.247. The van der Waals surface area contributed by atoms with Crippen molar-refractivity contribution in [2.24, 2.45) is 0 Å². The molecule has 17 heavy (non-hydrogen) atoms. The molecule has 1 N–H and O–H groups in total. The minimum Gasteiger partial charge on any atom is -0.382 e. The van der Waals surface area contributed by atoms with Crippen molar-refractivity contribution in [3.63, 3.8) is 0 Å². The lowest BCUT2D eigenvalue weighted by Crippen LogP contribution is -2.14. The van der Waals surface area contributed by atoms with E-state index in [1.165, 1.54) is 12.1 Å². The molecular weight excluding hydrogens is 215 g/mol. The zero-order valence-electron chi connectivity index (χ0n) is 10.2. The number of hydrogen-bond donors (Lipinski definition) is 1. The van der Waals surface area contributed by atoms with Crippen LogP contribution >= 0.6 is 0 Å². The Labute approximate surface area is 101 Å². The van der Waals surface area contributed by atoms with E-state index >= 15 is 0 Å². The standard InChI is InChI=1S/C14H17FN2/c1-3-4-10(2)17-13-7-8-16-14-9-11(15)5-6-12(13)14/h5-10H,3-4H2,1-2H3,(H,16,17)/t10-/m0/s1. The van der Waals surface area contributed by atoms with Crippen LogP contribution in [0, 0.1) is 5.82 Å². The molecule has 2 nitrogen and oxygen atoms in total. The van der Waals surface area contributed by atoms with Crippen molar-refractivity contribution in [1.29, 1.82) is 0 Å². The first-order valence-electron chi connectivity index (χ1n) is 6.01. The number of halogens is 1. The number of nitrogens with zero attached hydrogens (tertiary/aromatic N) is 1. The summed E-state index contributed by atoms with van der Waals surface area (Å²) in [6.45, 7) is 4.32. The van der Waals surface area contributed by atoms with Gasteiger partial charge in [-0.25, -0.2) is 4.39 Å². The molecule has 0 aliphatic heterocycles. The fourth-order valence-corrected chi connectivity index (χ4v) is 2.02. The number of benzene rings is 1. The number of aromatic nitrogens is 1. The van der Waals surface area contributed by atoms with Gasteiger partial charge in [0.2, 0.25) is 0 Å². The first-order chi connectivity index (χ1) is 8.20. The number of nitrogens with one attached hydrogen (secondary N) is 1. The van der Waals surface area contributed by atoms with Crippen molar-refractivity contribution in [3.8, 4) is 0 Å². The number of fused-ring (bicyclic) bond motifs is 1. The third-order valence-corrected chi connectivity index (χ3v) is 2.83. The summed E-state index contributed by atoms with van der Waals surface area (Å²) in [6.07, 6.45) is 3.97. The molecular formula is C14H17FN2. The normalized spacial score (nSPS) is 12.6. The van der Waals surface area contributed by atoms with E-state index in [2.05, 4.69) is 24.1 Å². The lowest BCUT2D eigenvalue weighted by atomic mass is 10.1. The van der Waals surface area contributed by atoms with Crippen LogP contribution < -0.4 is 5.32 Å². The highest BCUT2D eigenvalue weighted by Gasteiger charge is 2.05. The second kappa shape index (κ2) is 5.13. The van der Waals surface area contributed by atoms with Crippen LogP contribution in [0.25, 0.3) is 10.9 Å². The monoisotopic (exact) mass is 232 g/mol. The fourth-order valence-electron chi connectivity index (χ4n) is 2.02. The zero-order valence-corrected chi connectivity index (χ0v) is 10.2. The SMILES string of the molecule is CCC[C@H](C)Nc1ccnc2cc(F)ccc12. The van der Waals surface area contributed by atoms with Gasteiger partial charge in [0.05, 0.1) is 5.52 Å². The topological polar surface area (TPSA) is 24.9 Å². The summed E-state index contributed by atoms with van der Waals surface area (Å²) in [5.41, 5.74) is 1.72. The van der Waals surface area contributed by atoms with Gasteiger partial charge in [0, 0.05) is 29.4 Å². The molecule has 0 aliphatic carbocycles. The second-order valence-electron chi connectivity index (χ2n) is 4.35. The van der Waals surface area contributed by atoms with Crippen LogP contribution in [-0.4, -0.2) is 11.0 Å². The Morgan fingerprint density at radius 1 is 1.35 bits per heavy atom. The average Bonchev–Trinajstić information content (AvgIpc) is 2.29. The summed E-state index contributed by atoms with van der Waals surface area (Å²) < 4.78 is 13.1. The van der Waals surface area contributed by atoms with E-state index in [9.17, 15) is 4.39 Å². The summed E-state index contributed by atoms with van der Waals surface area (Å²) in [6, 6.07) is 7.06. The Hall–Kier alpha value is -1.64. The molecule has 1 heterocycles. The first kappa shape index (κ1) is 11.8. The quantitative estimate of drug-likeness (QED) is 0.862. The minimum absolute atomic E-state index is 0.247. The highest BCUT2D eigenvalue weighted by Crippen LogP contribution is 2.23. The molecule has 0 radical (unpaired) electrons.